The van der Waals surface area contributed by atoms with Crippen molar-refractivity contribution in [1.82, 2.24) is 10.6 Å². The van der Waals surface area contributed by atoms with Gasteiger partial charge in [0.25, 0.3) is 0 Å². The summed E-state index contributed by atoms with van der Waals surface area (Å²) in [6.45, 7) is 12.2. The van der Waals surface area contributed by atoms with E-state index in [4.69, 9.17) is 4.74 Å². The number of hydrogen-bond acceptors (Lipinski definition) is 4. The lowest BCUT2D eigenvalue weighted by molar-refractivity contribution is 0.179. The van der Waals surface area contributed by atoms with Crippen molar-refractivity contribution in [3.63, 3.8) is 0 Å². The van der Waals surface area contributed by atoms with Crippen LogP contribution in [0.15, 0.2) is 29.3 Å². The van der Waals surface area contributed by atoms with Crippen molar-refractivity contribution in [2.24, 2.45) is 4.99 Å². The van der Waals surface area contributed by atoms with Crippen molar-refractivity contribution >= 4 is 41.7 Å². The Kier molecular flexibility index (Phi) is 12.3. The molecular formula is C19H34IN3O2S. The predicted octanol–water partition coefficient (Wildman–Crippen LogP) is 3.82. The first kappa shape index (κ1) is 25.3. The second kappa shape index (κ2) is 12.7. The van der Waals surface area contributed by atoms with Gasteiger partial charge in [0.1, 0.15) is 5.75 Å². The summed E-state index contributed by atoms with van der Waals surface area (Å²) in [5.41, 5.74) is 0.825. The number of ether oxygens (including phenoxy) is 1. The van der Waals surface area contributed by atoms with Crippen LogP contribution in [0.2, 0.25) is 0 Å². The quantitative estimate of drug-likeness (QED) is 0.276. The van der Waals surface area contributed by atoms with Gasteiger partial charge >= 0.3 is 0 Å². The van der Waals surface area contributed by atoms with Crippen LogP contribution in [-0.4, -0.2) is 47.8 Å². The zero-order chi connectivity index (χ0) is 18.9. The van der Waals surface area contributed by atoms with E-state index in [1.807, 2.05) is 45.0 Å². The second-order valence-corrected chi connectivity index (χ2v) is 8.31. The summed E-state index contributed by atoms with van der Waals surface area (Å²) >= 11 is 1.79. The van der Waals surface area contributed by atoms with E-state index in [9.17, 15) is 5.11 Å². The number of aliphatic hydroxyl groups is 1. The summed E-state index contributed by atoms with van der Waals surface area (Å²) in [6, 6.07) is 7.59. The molecule has 0 heterocycles. The lowest BCUT2D eigenvalue weighted by atomic mass is 10.1. The molecule has 3 N–H and O–H groups in total. The van der Waals surface area contributed by atoms with E-state index in [0.29, 0.717) is 13.1 Å². The third kappa shape index (κ3) is 9.87. The number of thioether (sulfide) groups is 1. The molecule has 0 aliphatic heterocycles. The van der Waals surface area contributed by atoms with E-state index in [-0.39, 0.29) is 34.8 Å². The minimum Gasteiger partial charge on any atom is -0.491 e. The average Bonchev–Trinajstić information content (AvgIpc) is 2.56. The highest BCUT2D eigenvalue weighted by Gasteiger charge is 2.16. The van der Waals surface area contributed by atoms with Gasteiger partial charge in [0.2, 0.25) is 0 Å². The number of guanidine groups is 1. The Labute approximate surface area is 179 Å². The van der Waals surface area contributed by atoms with Gasteiger partial charge in [-0.1, -0.05) is 12.1 Å². The van der Waals surface area contributed by atoms with Crippen LogP contribution in [0.1, 0.15) is 46.3 Å². The van der Waals surface area contributed by atoms with Gasteiger partial charge in [-0.15, -0.1) is 24.0 Å². The fourth-order valence-electron chi connectivity index (χ4n) is 2.05. The van der Waals surface area contributed by atoms with Crippen LogP contribution in [0.5, 0.6) is 5.75 Å². The highest BCUT2D eigenvalue weighted by atomic mass is 127. The molecule has 0 aliphatic rings. The minimum atomic E-state index is -0.631. The molecule has 0 radical (unpaired) electrons. The molecule has 1 atom stereocenters. The van der Waals surface area contributed by atoms with E-state index in [1.54, 1.807) is 11.8 Å². The third-order valence-electron chi connectivity index (χ3n) is 3.59. The normalized spacial score (nSPS) is 13.2. The summed E-state index contributed by atoms with van der Waals surface area (Å²) < 4.78 is 5.77. The van der Waals surface area contributed by atoms with Crippen molar-refractivity contribution in [3.8, 4) is 5.75 Å². The number of hydrogen-bond donors (Lipinski definition) is 3. The third-order valence-corrected chi connectivity index (χ3v) is 4.83. The molecule has 150 valence electrons. The molecule has 0 aromatic heterocycles. The number of nitrogens with zero attached hydrogens (tertiary/aromatic N) is 1. The van der Waals surface area contributed by atoms with Gasteiger partial charge in [0, 0.05) is 17.8 Å². The molecule has 1 aromatic rings. The summed E-state index contributed by atoms with van der Waals surface area (Å²) in [5, 5.41) is 16.9. The van der Waals surface area contributed by atoms with Crippen molar-refractivity contribution in [1.29, 1.82) is 0 Å². The maximum Gasteiger partial charge on any atom is 0.191 e. The first-order valence-electron chi connectivity index (χ1n) is 8.79. The minimum absolute atomic E-state index is 0. The van der Waals surface area contributed by atoms with Gasteiger partial charge in [0.05, 0.1) is 18.8 Å². The van der Waals surface area contributed by atoms with E-state index in [1.165, 1.54) is 0 Å². The molecule has 0 aliphatic carbocycles. The van der Waals surface area contributed by atoms with Crippen LogP contribution in [-0.2, 0) is 0 Å². The molecule has 0 saturated carbocycles. The summed E-state index contributed by atoms with van der Waals surface area (Å²) in [4.78, 5) is 4.62. The van der Waals surface area contributed by atoms with E-state index in [0.717, 1.165) is 23.8 Å². The van der Waals surface area contributed by atoms with Crippen LogP contribution < -0.4 is 15.4 Å². The number of nitrogens with one attached hydrogen (secondary N) is 2. The van der Waals surface area contributed by atoms with Crippen LogP contribution >= 0.6 is 35.7 Å². The molecule has 1 aromatic carbocycles. The summed E-state index contributed by atoms with van der Waals surface area (Å²) in [5.74, 6) is 1.49. The molecule has 26 heavy (non-hydrogen) atoms. The Morgan fingerprint density at radius 2 is 2.00 bits per heavy atom. The van der Waals surface area contributed by atoms with E-state index < -0.39 is 6.10 Å². The average molecular weight is 495 g/mol. The van der Waals surface area contributed by atoms with Gasteiger partial charge in [-0.3, -0.25) is 4.99 Å². The molecule has 5 nitrogen and oxygen atoms in total. The Bertz CT molecular complexity index is 553. The van der Waals surface area contributed by atoms with Crippen molar-refractivity contribution in [2.45, 2.75) is 51.6 Å². The van der Waals surface area contributed by atoms with Gasteiger partial charge in [0.15, 0.2) is 5.96 Å². The molecule has 0 bridgehead atoms. The fraction of sp³-hybridized carbons (Fsp3) is 0.632. The van der Waals surface area contributed by atoms with Gasteiger partial charge in [-0.05, 0) is 58.6 Å². The number of benzene rings is 1. The number of aliphatic hydroxyl groups excluding tert-OH is 1. The van der Waals surface area contributed by atoms with Crippen LogP contribution in [0.4, 0.5) is 0 Å². The lowest BCUT2D eigenvalue weighted by Crippen LogP contribution is -2.40. The van der Waals surface area contributed by atoms with E-state index >= 15 is 0 Å². The molecule has 0 fully saturated rings. The number of aliphatic imine (C=N–C) groups is 1. The Morgan fingerprint density at radius 3 is 2.58 bits per heavy atom. The molecule has 0 amide bonds. The Balaban J connectivity index is 0.00000625. The Morgan fingerprint density at radius 1 is 1.31 bits per heavy atom. The summed E-state index contributed by atoms with van der Waals surface area (Å²) in [7, 11) is 0. The van der Waals surface area contributed by atoms with Crippen LogP contribution in [0.25, 0.3) is 0 Å². The highest BCUT2D eigenvalue weighted by molar-refractivity contribution is 14.0. The highest BCUT2D eigenvalue weighted by Crippen LogP contribution is 2.21. The number of halogens is 1. The van der Waals surface area contributed by atoms with Crippen molar-refractivity contribution in [3.05, 3.63) is 29.8 Å². The molecule has 7 heteroatoms. The maximum atomic E-state index is 10.5. The molecule has 1 rings (SSSR count). The number of rotatable bonds is 9. The monoisotopic (exact) mass is 495 g/mol. The first-order valence-corrected chi connectivity index (χ1v) is 10.0. The lowest BCUT2D eigenvalue weighted by Gasteiger charge is -2.21. The topological polar surface area (TPSA) is 65.9 Å². The first-order chi connectivity index (χ1) is 11.8. The smallest absolute Gasteiger partial charge is 0.191 e. The zero-order valence-corrected chi connectivity index (χ0v) is 19.9. The standard InChI is InChI=1S/C19H33N3O2S.HI/c1-7-20-18(22-13-19(4,5)25-6)21-12-17(23)15-9-8-10-16(11-15)24-14(2)3;/h8-11,14,17,23H,7,12-13H2,1-6H3,(H2,20,21,22);1H. The molecule has 0 saturated heterocycles. The second-order valence-electron chi connectivity index (χ2n) is 6.79. The summed E-state index contributed by atoms with van der Waals surface area (Å²) in [6.07, 6.45) is 1.57. The SMILES string of the molecule is CCNC(=NCC(C)(C)SC)NCC(O)c1cccc(OC(C)C)c1.I. The zero-order valence-electron chi connectivity index (χ0n) is 16.7. The van der Waals surface area contributed by atoms with Gasteiger partial charge in [-0.25, -0.2) is 0 Å². The van der Waals surface area contributed by atoms with Crippen LogP contribution in [0.3, 0.4) is 0 Å². The van der Waals surface area contributed by atoms with Gasteiger partial charge < -0.3 is 20.5 Å². The van der Waals surface area contributed by atoms with Gasteiger partial charge in [-0.2, -0.15) is 11.8 Å². The molecular weight excluding hydrogens is 461 g/mol. The fourth-order valence-corrected chi connectivity index (χ4v) is 2.25. The maximum absolute atomic E-state index is 10.5. The largest absolute Gasteiger partial charge is 0.491 e. The Hall–Kier alpha value is -0.670. The molecule has 0 spiro atoms. The van der Waals surface area contributed by atoms with E-state index in [2.05, 4.69) is 35.7 Å². The van der Waals surface area contributed by atoms with Crippen molar-refractivity contribution < 1.29 is 9.84 Å². The predicted molar refractivity (Wildman–Crippen MR) is 124 cm³/mol. The molecule has 1 unspecified atom stereocenters. The van der Waals surface area contributed by atoms with Crippen molar-refractivity contribution in [2.75, 3.05) is 25.9 Å². The van der Waals surface area contributed by atoms with Crippen LogP contribution in [0, 0.1) is 0 Å².